The molecule has 0 aromatic rings. The topological polar surface area (TPSA) is 392 Å². The molecule has 0 bridgehead atoms. The minimum absolute atomic E-state index is 0.186. The number of carbonyl (C=O) groups excluding carboxylic acids is 4. The van der Waals surface area contributed by atoms with Gasteiger partial charge in [-0.15, -0.1) is 0 Å². The highest BCUT2D eigenvalue weighted by Gasteiger charge is 2.60. The summed E-state index contributed by atoms with van der Waals surface area (Å²) >= 11 is 0. The lowest BCUT2D eigenvalue weighted by molar-refractivity contribution is -0.374. The number of hydrogen-bond acceptors (Lipinski definition) is 20. The molecule has 20 nitrogen and oxygen atoms in total. The quantitative estimate of drug-likeness (QED) is 0.0278. The molecule has 0 aliphatic heterocycles. The van der Waals surface area contributed by atoms with Crippen molar-refractivity contribution in [3.63, 3.8) is 0 Å². The van der Waals surface area contributed by atoms with Crippen LogP contribution in [-0.2, 0) is 19.2 Å². The van der Waals surface area contributed by atoms with Crippen molar-refractivity contribution in [2.75, 3.05) is 0 Å². The van der Waals surface area contributed by atoms with Crippen LogP contribution in [0.4, 0.5) is 0 Å². The third kappa shape index (κ3) is 13.1. The highest BCUT2D eigenvalue weighted by atomic mass is 16.6. The van der Waals surface area contributed by atoms with Crippen molar-refractivity contribution in [3.8, 4) is 0 Å². The third-order valence-corrected chi connectivity index (χ3v) is 8.24. The van der Waals surface area contributed by atoms with Gasteiger partial charge in [-0.3, -0.25) is 4.79 Å². The second-order valence-corrected chi connectivity index (χ2v) is 11.9. The Labute approximate surface area is 274 Å². The van der Waals surface area contributed by atoms with Crippen LogP contribution < -0.4 is 0 Å². The summed E-state index contributed by atoms with van der Waals surface area (Å²) in [5.41, 5.74) is 0. The Hall–Kier alpha value is -1.96. The van der Waals surface area contributed by atoms with Crippen LogP contribution in [-0.4, -0.2) is 192 Å². The van der Waals surface area contributed by atoms with Crippen LogP contribution in [0.3, 0.4) is 0 Å². The van der Waals surface area contributed by atoms with E-state index in [9.17, 15) is 101 Å². The fourth-order valence-corrected chi connectivity index (χ4v) is 5.23. The average molecular weight is 707 g/mol. The van der Waals surface area contributed by atoms with Crippen molar-refractivity contribution < 1.29 is 101 Å². The summed E-state index contributed by atoms with van der Waals surface area (Å²) in [6, 6.07) is 0. The van der Waals surface area contributed by atoms with Crippen LogP contribution in [0.15, 0.2) is 0 Å². The number of aldehydes is 4. The van der Waals surface area contributed by atoms with E-state index in [1.807, 2.05) is 0 Å². The second kappa shape index (κ2) is 21.3. The summed E-state index contributed by atoms with van der Waals surface area (Å²) in [5.74, 6) is -13.7. The minimum atomic E-state index is -4.32. The molecule has 0 aliphatic rings. The molecule has 14 atom stereocenters. The Balaban J connectivity index is 6.90. The van der Waals surface area contributed by atoms with Gasteiger partial charge in [-0.1, -0.05) is 0 Å². The maximum Gasteiger partial charge on any atom is 0.277 e. The van der Waals surface area contributed by atoms with Gasteiger partial charge < -0.3 is 96.1 Å². The van der Waals surface area contributed by atoms with E-state index in [1.54, 1.807) is 0 Å². The lowest BCUT2D eigenvalue weighted by Gasteiger charge is -2.47. The van der Waals surface area contributed by atoms with Crippen LogP contribution in [0, 0.1) is 11.8 Å². The molecule has 0 radical (unpaired) electrons. The molecule has 0 saturated carbocycles. The molecule has 0 fully saturated rings. The first-order chi connectivity index (χ1) is 22.2. The van der Waals surface area contributed by atoms with Crippen molar-refractivity contribution in [3.05, 3.63) is 0 Å². The molecule has 14 unspecified atom stereocenters. The van der Waals surface area contributed by atoms with Gasteiger partial charge in [0.2, 0.25) is 5.79 Å². The van der Waals surface area contributed by atoms with Crippen LogP contribution >= 0.6 is 0 Å². The van der Waals surface area contributed by atoms with E-state index in [1.165, 1.54) is 0 Å². The van der Waals surface area contributed by atoms with Crippen molar-refractivity contribution in [1.29, 1.82) is 0 Å². The number of aliphatic hydroxyl groups excluding tert-OH is 12. The zero-order valence-corrected chi connectivity index (χ0v) is 25.8. The van der Waals surface area contributed by atoms with Gasteiger partial charge in [-0.2, -0.15) is 0 Å². The minimum Gasteiger partial charge on any atom is -0.393 e. The molecular formula is C28H50O20. The Morgan fingerprint density at radius 2 is 0.938 bits per heavy atom. The average Bonchev–Trinajstić information content (AvgIpc) is 3.03. The van der Waals surface area contributed by atoms with E-state index >= 15 is 0 Å². The van der Waals surface area contributed by atoms with E-state index in [-0.39, 0.29) is 25.4 Å². The van der Waals surface area contributed by atoms with Crippen molar-refractivity contribution in [2.24, 2.45) is 11.8 Å². The molecular weight excluding hydrogens is 656 g/mol. The number of hydrogen-bond donors (Lipinski definition) is 16. The summed E-state index contributed by atoms with van der Waals surface area (Å²) < 4.78 is 0. The second-order valence-electron chi connectivity index (χ2n) is 11.9. The summed E-state index contributed by atoms with van der Waals surface area (Å²) in [6.07, 6.45) is -31.6. The van der Waals surface area contributed by atoms with Crippen LogP contribution in [0.5, 0.6) is 0 Å². The molecule has 0 amide bonds. The molecule has 0 heterocycles. The van der Waals surface area contributed by atoms with Gasteiger partial charge in [0.15, 0.2) is 6.29 Å². The molecule has 16 N–H and O–H groups in total. The Morgan fingerprint density at radius 1 is 0.458 bits per heavy atom. The highest BCUT2D eigenvalue weighted by molar-refractivity contribution is 5.61. The lowest BCUT2D eigenvalue weighted by atomic mass is 9.69. The van der Waals surface area contributed by atoms with Gasteiger partial charge in [0.25, 0.3) is 5.79 Å². The van der Waals surface area contributed by atoms with Crippen LogP contribution in [0.2, 0.25) is 0 Å². The first-order valence-electron chi connectivity index (χ1n) is 15.0. The van der Waals surface area contributed by atoms with Gasteiger partial charge in [-0.25, -0.2) is 0 Å². The standard InChI is InChI=1S/C28H50O20/c29-7-1-2-16(35)24(42)25(43)17(36)4-3-14(22(40)26(44)19(38)10-13(33)5-8-30)21(28(47,48)27(45,46)12-32)23(41)20(39)11-18(37)15(34)6-9-31/h7-9,12-26,33-48H,1-6,10-11H2. The highest BCUT2D eigenvalue weighted by Crippen LogP contribution is 2.40. The van der Waals surface area contributed by atoms with E-state index in [4.69, 9.17) is 0 Å². The molecule has 0 aromatic carbocycles. The van der Waals surface area contributed by atoms with E-state index in [2.05, 4.69) is 0 Å². The van der Waals surface area contributed by atoms with Crippen LogP contribution in [0.1, 0.15) is 51.4 Å². The Bertz CT molecular complexity index is 950. The molecule has 0 rings (SSSR count). The Kier molecular flexibility index (Phi) is 20.4. The van der Waals surface area contributed by atoms with E-state index < -0.39 is 141 Å². The molecule has 0 aromatic heterocycles. The van der Waals surface area contributed by atoms with E-state index in [0.29, 0.717) is 6.29 Å². The van der Waals surface area contributed by atoms with Crippen molar-refractivity contribution >= 4 is 25.1 Å². The number of aliphatic hydroxyl groups is 16. The number of carbonyl (C=O) groups is 4. The Morgan fingerprint density at radius 3 is 1.42 bits per heavy atom. The summed E-state index contributed by atoms with van der Waals surface area (Å²) in [6.45, 7) is 0. The van der Waals surface area contributed by atoms with Crippen LogP contribution in [0.25, 0.3) is 0 Å². The van der Waals surface area contributed by atoms with Gasteiger partial charge in [-0.05, 0) is 25.2 Å². The molecule has 0 saturated heterocycles. The normalized spacial score (nSPS) is 21.6. The molecule has 48 heavy (non-hydrogen) atoms. The maximum atomic E-state index is 11.5. The summed E-state index contributed by atoms with van der Waals surface area (Å²) in [5, 5.41) is 167. The first-order valence-corrected chi connectivity index (χ1v) is 15.0. The van der Waals surface area contributed by atoms with Gasteiger partial charge >= 0.3 is 0 Å². The molecule has 0 spiro atoms. The SMILES string of the molecule is O=CCCC(O)C(O)C(O)C(O)CCC(C(O)C(O)C(O)CC(O)CC=O)C(C(O)C(O)CC(O)C(O)CC=O)C(O)(O)C(O)(O)C=O. The maximum absolute atomic E-state index is 11.5. The van der Waals surface area contributed by atoms with E-state index in [0.717, 1.165) is 0 Å². The summed E-state index contributed by atoms with van der Waals surface area (Å²) in [4.78, 5) is 43.4. The molecule has 20 heteroatoms. The summed E-state index contributed by atoms with van der Waals surface area (Å²) in [7, 11) is 0. The fourth-order valence-electron chi connectivity index (χ4n) is 5.23. The molecule has 282 valence electrons. The van der Waals surface area contributed by atoms with Gasteiger partial charge in [0, 0.05) is 32.1 Å². The zero-order valence-electron chi connectivity index (χ0n) is 25.8. The lowest BCUT2D eigenvalue weighted by Crippen LogP contribution is -2.67. The largest absolute Gasteiger partial charge is 0.393 e. The predicted molar refractivity (Wildman–Crippen MR) is 155 cm³/mol. The smallest absolute Gasteiger partial charge is 0.277 e. The fraction of sp³-hybridized carbons (Fsp3) is 0.857. The van der Waals surface area contributed by atoms with Crippen molar-refractivity contribution in [2.45, 2.75) is 136 Å². The number of rotatable bonds is 27. The third-order valence-electron chi connectivity index (χ3n) is 8.24. The first kappa shape index (κ1) is 46.0. The van der Waals surface area contributed by atoms with Gasteiger partial charge in [0.05, 0.1) is 60.9 Å². The van der Waals surface area contributed by atoms with Crippen molar-refractivity contribution in [1.82, 2.24) is 0 Å². The monoisotopic (exact) mass is 706 g/mol. The predicted octanol–water partition coefficient (Wildman–Crippen LogP) is -8.17. The zero-order chi connectivity index (χ0) is 37.6. The van der Waals surface area contributed by atoms with Gasteiger partial charge in [0.1, 0.15) is 37.2 Å². The molecule has 0 aliphatic carbocycles.